The van der Waals surface area contributed by atoms with Crippen molar-refractivity contribution in [3.63, 3.8) is 0 Å². The van der Waals surface area contributed by atoms with Crippen LogP contribution in [-0.2, 0) is 4.79 Å². The molecule has 1 amide bonds. The van der Waals surface area contributed by atoms with Crippen LogP contribution >= 0.6 is 0 Å². The summed E-state index contributed by atoms with van der Waals surface area (Å²) in [6, 6.07) is 5.99. The molecule has 4 heteroatoms. The predicted octanol–water partition coefficient (Wildman–Crippen LogP) is 2.48. The molecular weight excluding hydrogens is 264 g/mol. The summed E-state index contributed by atoms with van der Waals surface area (Å²) in [5.74, 6) is -0.0191. The van der Waals surface area contributed by atoms with Crippen LogP contribution in [0.2, 0.25) is 0 Å². The second kappa shape index (κ2) is 6.16. The molecule has 2 N–H and O–H groups in total. The zero-order chi connectivity index (χ0) is 15.6. The number of aryl methyl sites for hydroxylation is 2. The summed E-state index contributed by atoms with van der Waals surface area (Å²) in [6.07, 6.45) is 1.98. The Bertz CT molecular complexity index is 520. The van der Waals surface area contributed by atoms with Crippen LogP contribution in [0, 0.1) is 13.8 Å². The molecule has 1 aromatic rings. The molecule has 0 bridgehead atoms. The number of hydrogen-bond donors (Lipinski definition) is 2. The van der Waals surface area contributed by atoms with E-state index in [9.17, 15) is 9.90 Å². The van der Waals surface area contributed by atoms with Crippen LogP contribution in [0.5, 0.6) is 0 Å². The summed E-state index contributed by atoms with van der Waals surface area (Å²) < 4.78 is 0. The Balaban J connectivity index is 1.96. The van der Waals surface area contributed by atoms with E-state index in [1.54, 1.807) is 0 Å². The zero-order valence-corrected chi connectivity index (χ0v) is 13.4. The van der Waals surface area contributed by atoms with Gasteiger partial charge in [-0.25, -0.2) is 0 Å². The molecule has 2 rings (SSSR count). The summed E-state index contributed by atoms with van der Waals surface area (Å²) in [5, 5.41) is 13.1. The Morgan fingerprint density at radius 2 is 2.10 bits per heavy atom. The average Bonchev–Trinajstić information content (AvgIpc) is 2.81. The molecule has 0 saturated carbocycles. The van der Waals surface area contributed by atoms with Gasteiger partial charge in [-0.15, -0.1) is 0 Å². The molecule has 1 saturated heterocycles. The molecule has 116 valence electrons. The predicted molar refractivity (Wildman–Crippen MR) is 85.4 cm³/mol. The van der Waals surface area contributed by atoms with Gasteiger partial charge in [0.05, 0.1) is 12.1 Å². The molecular formula is C17H26N2O2. The fourth-order valence-electron chi connectivity index (χ4n) is 3.02. The molecule has 1 aliphatic heterocycles. The standard InChI is InChI=1S/C17H26N2O2/c1-12-7-8-14(10-13(12)2)18-16(20)11-19-9-5-6-15(19)17(3,4)21/h7-8,10,15,21H,5-6,9,11H2,1-4H3,(H,18,20). The second-order valence-corrected chi connectivity index (χ2v) is 6.63. The van der Waals surface area contributed by atoms with Crippen molar-refractivity contribution < 1.29 is 9.90 Å². The monoisotopic (exact) mass is 290 g/mol. The molecule has 0 spiro atoms. The average molecular weight is 290 g/mol. The highest BCUT2D eigenvalue weighted by molar-refractivity contribution is 5.92. The second-order valence-electron chi connectivity index (χ2n) is 6.63. The highest BCUT2D eigenvalue weighted by atomic mass is 16.3. The van der Waals surface area contributed by atoms with E-state index in [4.69, 9.17) is 0 Å². The van der Waals surface area contributed by atoms with Gasteiger partial charge in [-0.2, -0.15) is 0 Å². The van der Waals surface area contributed by atoms with Gasteiger partial charge in [0, 0.05) is 11.7 Å². The third-order valence-electron chi connectivity index (χ3n) is 4.32. The van der Waals surface area contributed by atoms with Gasteiger partial charge in [-0.1, -0.05) is 6.07 Å². The maximum Gasteiger partial charge on any atom is 0.238 e. The van der Waals surface area contributed by atoms with E-state index < -0.39 is 5.60 Å². The number of anilines is 1. The van der Waals surface area contributed by atoms with Gasteiger partial charge in [0.2, 0.25) is 5.91 Å². The van der Waals surface area contributed by atoms with Crippen molar-refractivity contribution in [1.29, 1.82) is 0 Å². The Kier molecular flexibility index (Phi) is 4.69. The first kappa shape index (κ1) is 16.0. The number of aliphatic hydroxyl groups is 1. The van der Waals surface area contributed by atoms with E-state index in [-0.39, 0.29) is 11.9 Å². The van der Waals surface area contributed by atoms with E-state index in [0.717, 1.165) is 25.1 Å². The van der Waals surface area contributed by atoms with Crippen LogP contribution in [0.15, 0.2) is 18.2 Å². The molecule has 0 aliphatic carbocycles. The lowest BCUT2D eigenvalue weighted by Crippen LogP contribution is -2.48. The van der Waals surface area contributed by atoms with E-state index >= 15 is 0 Å². The Hall–Kier alpha value is -1.39. The van der Waals surface area contributed by atoms with Gasteiger partial charge in [-0.3, -0.25) is 9.69 Å². The Labute approximate surface area is 127 Å². The molecule has 1 unspecified atom stereocenters. The number of amides is 1. The van der Waals surface area contributed by atoms with Crippen LogP contribution < -0.4 is 5.32 Å². The Morgan fingerprint density at radius 3 is 2.71 bits per heavy atom. The fraction of sp³-hybridized carbons (Fsp3) is 0.588. The summed E-state index contributed by atoms with van der Waals surface area (Å²) >= 11 is 0. The van der Waals surface area contributed by atoms with Crippen LogP contribution in [0.4, 0.5) is 5.69 Å². The van der Waals surface area contributed by atoms with Gasteiger partial charge >= 0.3 is 0 Å². The molecule has 1 aromatic carbocycles. The zero-order valence-electron chi connectivity index (χ0n) is 13.4. The van der Waals surface area contributed by atoms with Crippen molar-refractivity contribution in [2.24, 2.45) is 0 Å². The quantitative estimate of drug-likeness (QED) is 0.895. The van der Waals surface area contributed by atoms with Crippen LogP contribution in [0.3, 0.4) is 0 Å². The minimum absolute atomic E-state index is 0.0191. The Morgan fingerprint density at radius 1 is 1.38 bits per heavy atom. The molecule has 1 aliphatic rings. The lowest BCUT2D eigenvalue weighted by atomic mass is 9.97. The van der Waals surface area contributed by atoms with Crippen molar-refractivity contribution in [2.45, 2.75) is 52.2 Å². The summed E-state index contributed by atoms with van der Waals surface area (Å²) in [6.45, 7) is 8.93. The molecule has 4 nitrogen and oxygen atoms in total. The number of carbonyl (C=O) groups is 1. The smallest absolute Gasteiger partial charge is 0.238 e. The summed E-state index contributed by atoms with van der Waals surface area (Å²) in [4.78, 5) is 14.3. The first-order valence-electron chi connectivity index (χ1n) is 7.61. The minimum Gasteiger partial charge on any atom is -0.389 e. The van der Waals surface area contributed by atoms with Gasteiger partial charge < -0.3 is 10.4 Å². The highest BCUT2D eigenvalue weighted by Crippen LogP contribution is 2.26. The minimum atomic E-state index is -0.767. The lowest BCUT2D eigenvalue weighted by Gasteiger charge is -2.33. The van der Waals surface area contributed by atoms with Crippen molar-refractivity contribution >= 4 is 11.6 Å². The van der Waals surface area contributed by atoms with E-state index in [2.05, 4.69) is 17.1 Å². The number of benzene rings is 1. The maximum atomic E-state index is 12.2. The largest absolute Gasteiger partial charge is 0.389 e. The third-order valence-corrected chi connectivity index (χ3v) is 4.32. The van der Waals surface area contributed by atoms with E-state index in [0.29, 0.717) is 6.54 Å². The van der Waals surface area contributed by atoms with E-state index in [1.165, 1.54) is 11.1 Å². The third kappa shape index (κ3) is 4.05. The van der Waals surface area contributed by atoms with E-state index in [1.807, 2.05) is 39.0 Å². The normalized spacial score (nSPS) is 19.8. The SMILES string of the molecule is Cc1ccc(NC(=O)CN2CCCC2C(C)(C)O)cc1C. The fourth-order valence-corrected chi connectivity index (χ4v) is 3.02. The van der Waals surface area contributed by atoms with Gasteiger partial charge in [0.25, 0.3) is 0 Å². The first-order valence-corrected chi connectivity index (χ1v) is 7.61. The number of likely N-dealkylation sites (tertiary alicyclic amines) is 1. The summed E-state index contributed by atoms with van der Waals surface area (Å²) in [5.41, 5.74) is 2.46. The van der Waals surface area contributed by atoms with Gasteiger partial charge in [-0.05, 0) is 70.3 Å². The molecule has 0 aromatic heterocycles. The molecule has 1 heterocycles. The topological polar surface area (TPSA) is 52.6 Å². The van der Waals surface area contributed by atoms with Crippen molar-refractivity contribution in [2.75, 3.05) is 18.4 Å². The molecule has 21 heavy (non-hydrogen) atoms. The highest BCUT2D eigenvalue weighted by Gasteiger charge is 2.36. The van der Waals surface area contributed by atoms with Crippen LogP contribution in [0.25, 0.3) is 0 Å². The number of hydrogen-bond acceptors (Lipinski definition) is 3. The van der Waals surface area contributed by atoms with Gasteiger partial charge in [0.1, 0.15) is 0 Å². The van der Waals surface area contributed by atoms with Crippen molar-refractivity contribution in [3.05, 3.63) is 29.3 Å². The van der Waals surface area contributed by atoms with Crippen LogP contribution in [0.1, 0.15) is 37.8 Å². The van der Waals surface area contributed by atoms with Crippen LogP contribution in [-0.4, -0.2) is 40.6 Å². The van der Waals surface area contributed by atoms with Gasteiger partial charge in [0.15, 0.2) is 0 Å². The number of carbonyl (C=O) groups excluding carboxylic acids is 1. The first-order chi connectivity index (χ1) is 9.77. The number of rotatable bonds is 4. The molecule has 0 radical (unpaired) electrons. The number of nitrogens with zero attached hydrogens (tertiary/aromatic N) is 1. The molecule has 1 atom stereocenters. The number of nitrogens with one attached hydrogen (secondary N) is 1. The molecule has 1 fully saturated rings. The maximum absolute atomic E-state index is 12.2. The van der Waals surface area contributed by atoms with Crippen molar-refractivity contribution in [3.8, 4) is 0 Å². The van der Waals surface area contributed by atoms with Crippen molar-refractivity contribution in [1.82, 2.24) is 4.90 Å². The lowest BCUT2D eigenvalue weighted by molar-refractivity contribution is -0.118. The summed E-state index contributed by atoms with van der Waals surface area (Å²) in [7, 11) is 0.